The number of halogens is 3. The molecule has 0 saturated carbocycles. The molecule has 1 fully saturated rings. The zero-order chi connectivity index (χ0) is 15.5. The highest BCUT2D eigenvalue weighted by molar-refractivity contribution is 5.54. The molecule has 2 rings (SSSR count). The lowest BCUT2D eigenvalue weighted by Crippen LogP contribution is -2.38. The molecule has 0 amide bonds. The molecule has 21 heavy (non-hydrogen) atoms. The minimum absolute atomic E-state index is 0.113. The van der Waals surface area contributed by atoms with Gasteiger partial charge in [0, 0.05) is 19.7 Å². The quantitative estimate of drug-likeness (QED) is 0.861. The fraction of sp³-hybridized carbons (Fsp3) is 0.571. The average molecular weight is 299 g/mol. The van der Waals surface area contributed by atoms with Crippen LogP contribution in [-0.2, 0) is 10.9 Å². The van der Waals surface area contributed by atoms with E-state index in [1.54, 1.807) is 4.90 Å². The Balaban J connectivity index is 2.21. The summed E-state index contributed by atoms with van der Waals surface area (Å²) in [6.07, 6.45) is -2.94. The van der Waals surface area contributed by atoms with E-state index in [0.717, 1.165) is 18.9 Å². The number of hydrogen-bond acceptors (Lipinski definition) is 4. The fourth-order valence-corrected chi connectivity index (χ4v) is 2.40. The Kier molecular flexibility index (Phi) is 4.68. The topological polar surface area (TPSA) is 49.1 Å². The predicted octanol–water partition coefficient (Wildman–Crippen LogP) is 2.98. The molecule has 7 heteroatoms. The molecular formula is C14H16F3N3O. The van der Waals surface area contributed by atoms with Crippen molar-refractivity contribution in [3.63, 3.8) is 0 Å². The van der Waals surface area contributed by atoms with Crippen LogP contribution in [0, 0.1) is 11.3 Å². The van der Waals surface area contributed by atoms with Gasteiger partial charge in [0.2, 0.25) is 0 Å². The van der Waals surface area contributed by atoms with Gasteiger partial charge in [-0.1, -0.05) is 0 Å². The summed E-state index contributed by atoms with van der Waals surface area (Å²) in [6, 6.07) is 3.93. The number of nitrogens with zero attached hydrogens (tertiary/aromatic N) is 3. The zero-order valence-corrected chi connectivity index (χ0v) is 11.7. The van der Waals surface area contributed by atoms with E-state index < -0.39 is 11.9 Å². The van der Waals surface area contributed by atoms with Crippen molar-refractivity contribution in [2.24, 2.45) is 0 Å². The lowest BCUT2D eigenvalue weighted by Gasteiger charge is -2.33. The smallest absolute Gasteiger partial charge is 0.378 e. The number of piperidine rings is 1. The summed E-state index contributed by atoms with van der Waals surface area (Å²) in [5.41, 5.74) is -0.804. The molecule has 0 N–H and O–H groups in total. The molecule has 114 valence electrons. The summed E-state index contributed by atoms with van der Waals surface area (Å²) >= 11 is 0. The molecule has 2 heterocycles. The minimum atomic E-state index is -4.51. The maximum absolute atomic E-state index is 12.7. The summed E-state index contributed by atoms with van der Waals surface area (Å²) in [6.45, 7) is 3.60. The Morgan fingerprint density at radius 1 is 1.38 bits per heavy atom. The second-order valence-electron chi connectivity index (χ2n) is 4.82. The Morgan fingerprint density at radius 2 is 2.05 bits per heavy atom. The van der Waals surface area contributed by atoms with E-state index in [1.807, 2.05) is 13.0 Å². The predicted molar refractivity (Wildman–Crippen MR) is 70.8 cm³/mol. The maximum Gasteiger partial charge on any atom is 0.433 e. The van der Waals surface area contributed by atoms with Crippen LogP contribution in [0.3, 0.4) is 0 Å². The first kappa shape index (κ1) is 15.6. The first-order valence-corrected chi connectivity index (χ1v) is 6.80. The lowest BCUT2D eigenvalue weighted by molar-refractivity contribution is -0.141. The maximum atomic E-state index is 12.7. The number of anilines is 1. The number of aromatic nitrogens is 1. The SMILES string of the molecule is CCOC1CCN(c2nc(C(F)(F)F)ccc2C#N)CC1. The number of rotatable bonds is 3. The van der Waals surface area contributed by atoms with E-state index in [0.29, 0.717) is 19.7 Å². The molecule has 0 aromatic carbocycles. The van der Waals surface area contributed by atoms with Crippen LogP contribution >= 0.6 is 0 Å². The van der Waals surface area contributed by atoms with Crippen LogP contribution in [0.25, 0.3) is 0 Å². The number of ether oxygens (including phenoxy) is 1. The fourth-order valence-electron chi connectivity index (χ4n) is 2.40. The number of pyridine rings is 1. The molecule has 1 saturated heterocycles. The second kappa shape index (κ2) is 6.31. The van der Waals surface area contributed by atoms with Gasteiger partial charge >= 0.3 is 6.18 Å². The molecule has 1 aliphatic heterocycles. The summed E-state index contributed by atoms with van der Waals surface area (Å²) in [7, 11) is 0. The van der Waals surface area contributed by atoms with E-state index in [2.05, 4.69) is 4.98 Å². The van der Waals surface area contributed by atoms with E-state index in [9.17, 15) is 13.2 Å². The van der Waals surface area contributed by atoms with Crippen molar-refractivity contribution in [1.29, 1.82) is 5.26 Å². The van der Waals surface area contributed by atoms with Crippen LogP contribution < -0.4 is 4.90 Å². The Labute approximate surface area is 121 Å². The van der Waals surface area contributed by atoms with Crippen molar-refractivity contribution in [1.82, 2.24) is 4.98 Å². The molecule has 0 atom stereocenters. The van der Waals surface area contributed by atoms with Crippen molar-refractivity contribution in [3.8, 4) is 6.07 Å². The van der Waals surface area contributed by atoms with E-state index >= 15 is 0 Å². The van der Waals surface area contributed by atoms with Crippen molar-refractivity contribution in [2.45, 2.75) is 32.0 Å². The van der Waals surface area contributed by atoms with Crippen molar-refractivity contribution >= 4 is 5.82 Å². The van der Waals surface area contributed by atoms with Gasteiger partial charge in [0.05, 0.1) is 11.7 Å². The first-order valence-electron chi connectivity index (χ1n) is 6.80. The standard InChI is InChI=1S/C14H16F3N3O/c1-2-21-11-5-7-20(8-6-11)13-10(9-18)3-4-12(19-13)14(15,16)17/h3-4,11H,2,5-8H2,1H3. The number of hydrogen-bond donors (Lipinski definition) is 0. The highest BCUT2D eigenvalue weighted by atomic mass is 19.4. The normalized spacial score (nSPS) is 16.8. The first-order chi connectivity index (χ1) is 9.95. The summed E-state index contributed by atoms with van der Waals surface area (Å²) in [5, 5.41) is 9.06. The van der Waals surface area contributed by atoms with Gasteiger partial charge in [0.15, 0.2) is 0 Å². The number of alkyl halides is 3. The molecule has 0 radical (unpaired) electrons. The Bertz CT molecular complexity index is 531. The molecule has 0 bridgehead atoms. The molecule has 4 nitrogen and oxygen atoms in total. The van der Waals surface area contributed by atoms with Gasteiger partial charge in [-0.3, -0.25) is 0 Å². The molecule has 1 aromatic rings. The highest BCUT2D eigenvalue weighted by Crippen LogP contribution is 2.31. The van der Waals surface area contributed by atoms with Gasteiger partial charge in [0.25, 0.3) is 0 Å². The van der Waals surface area contributed by atoms with E-state index in [-0.39, 0.29) is 17.5 Å². The van der Waals surface area contributed by atoms with Crippen LogP contribution in [0.2, 0.25) is 0 Å². The van der Waals surface area contributed by atoms with Gasteiger partial charge < -0.3 is 9.64 Å². The monoisotopic (exact) mass is 299 g/mol. The van der Waals surface area contributed by atoms with E-state index in [4.69, 9.17) is 10.00 Å². The minimum Gasteiger partial charge on any atom is -0.378 e. The molecule has 1 aliphatic rings. The van der Waals surface area contributed by atoms with Crippen LogP contribution in [-0.4, -0.2) is 30.8 Å². The van der Waals surface area contributed by atoms with E-state index in [1.165, 1.54) is 6.07 Å². The molecule has 0 spiro atoms. The highest BCUT2D eigenvalue weighted by Gasteiger charge is 2.34. The Hall–Kier alpha value is -1.81. The van der Waals surface area contributed by atoms with Crippen LogP contribution in [0.5, 0.6) is 0 Å². The van der Waals surface area contributed by atoms with Crippen molar-refractivity contribution in [2.75, 3.05) is 24.6 Å². The largest absolute Gasteiger partial charge is 0.433 e. The third kappa shape index (κ3) is 3.64. The summed E-state index contributed by atoms with van der Waals surface area (Å²) < 4.78 is 43.8. The molecule has 0 aliphatic carbocycles. The Morgan fingerprint density at radius 3 is 2.57 bits per heavy atom. The van der Waals surface area contributed by atoms with Crippen LogP contribution in [0.1, 0.15) is 31.0 Å². The van der Waals surface area contributed by atoms with Crippen LogP contribution in [0.15, 0.2) is 12.1 Å². The van der Waals surface area contributed by atoms with Crippen molar-refractivity contribution in [3.05, 3.63) is 23.4 Å². The zero-order valence-electron chi connectivity index (χ0n) is 11.7. The molecule has 0 unspecified atom stereocenters. The summed E-state index contributed by atoms with van der Waals surface area (Å²) in [5.74, 6) is 0.113. The second-order valence-corrected chi connectivity index (χ2v) is 4.82. The van der Waals surface area contributed by atoms with Crippen molar-refractivity contribution < 1.29 is 17.9 Å². The lowest BCUT2D eigenvalue weighted by atomic mass is 10.1. The third-order valence-corrected chi connectivity index (χ3v) is 3.43. The molecular weight excluding hydrogens is 283 g/mol. The third-order valence-electron chi connectivity index (χ3n) is 3.43. The van der Waals surface area contributed by atoms with Gasteiger partial charge in [-0.25, -0.2) is 4.98 Å². The summed E-state index contributed by atoms with van der Waals surface area (Å²) in [4.78, 5) is 5.37. The van der Waals surface area contributed by atoms with Gasteiger partial charge in [0.1, 0.15) is 17.6 Å². The number of nitriles is 1. The molecule has 1 aromatic heterocycles. The van der Waals surface area contributed by atoms with Gasteiger partial charge in [-0.2, -0.15) is 18.4 Å². The van der Waals surface area contributed by atoms with Crippen LogP contribution in [0.4, 0.5) is 19.0 Å². The average Bonchev–Trinajstić information content (AvgIpc) is 2.47. The van der Waals surface area contributed by atoms with Gasteiger partial charge in [-0.05, 0) is 31.9 Å². The van der Waals surface area contributed by atoms with Gasteiger partial charge in [-0.15, -0.1) is 0 Å².